The summed E-state index contributed by atoms with van der Waals surface area (Å²) in [6.45, 7) is 3.99. The van der Waals surface area contributed by atoms with Crippen LogP contribution in [0.2, 0.25) is 5.02 Å². The number of halogens is 1. The van der Waals surface area contributed by atoms with Gasteiger partial charge in [0, 0.05) is 18.6 Å². The summed E-state index contributed by atoms with van der Waals surface area (Å²) < 4.78 is 1.99. The number of aromatic nitrogens is 2. The highest BCUT2D eigenvalue weighted by atomic mass is 35.5. The zero-order valence-electron chi connectivity index (χ0n) is 10.7. The minimum Gasteiger partial charge on any atom is -0.506 e. The zero-order valence-corrected chi connectivity index (χ0v) is 11.4. The normalized spacial score (nSPS) is 11.1. The second-order valence-corrected chi connectivity index (χ2v) is 5.10. The van der Waals surface area contributed by atoms with Crippen molar-refractivity contribution in [3.05, 3.63) is 52.9 Å². The van der Waals surface area contributed by atoms with Crippen LogP contribution in [0.25, 0.3) is 16.8 Å². The molecule has 1 aromatic carbocycles. The molecule has 3 aromatic rings. The Kier molecular flexibility index (Phi) is 2.72. The van der Waals surface area contributed by atoms with Crippen LogP contribution in [0.15, 0.2) is 36.8 Å². The van der Waals surface area contributed by atoms with Crippen molar-refractivity contribution in [1.82, 2.24) is 9.38 Å². The molecule has 0 radical (unpaired) electrons. The summed E-state index contributed by atoms with van der Waals surface area (Å²) in [5.74, 6) is 0.114. The quantitative estimate of drug-likeness (QED) is 0.728. The van der Waals surface area contributed by atoms with Gasteiger partial charge in [0.15, 0.2) is 0 Å². The molecule has 0 atom stereocenters. The standard InChI is InChI=1S/C15H13ClN2O/c1-9-6-14(19)13(16)7-12(9)11-5-10(2)15-17-3-4-18(15)8-11/h3-8,19H,1-2H3. The van der Waals surface area contributed by atoms with Crippen molar-refractivity contribution in [3.8, 4) is 16.9 Å². The van der Waals surface area contributed by atoms with Gasteiger partial charge >= 0.3 is 0 Å². The molecule has 19 heavy (non-hydrogen) atoms. The molecular formula is C15H13ClN2O. The Bertz CT molecular complexity index is 777. The first-order chi connectivity index (χ1) is 9.06. The van der Waals surface area contributed by atoms with E-state index in [0.717, 1.165) is 27.9 Å². The van der Waals surface area contributed by atoms with Crippen LogP contribution in [-0.4, -0.2) is 14.5 Å². The third-order valence-corrected chi connectivity index (χ3v) is 3.58. The van der Waals surface area contributed by atoms with Gasteiger partial charge in [-0.1, -0.05) is 11.6 Å². The summed E-state index contributed by atoms with van der Waals surface area (Å²) in [6.07, 6.45) is 5.72. The van der Waals surface area contributed by atoms with Crippen molar-refractivity contribution in [2.75, 3.05) is 0 Å². The van der Waals surface area contributed by atoms with E-state index >= 15 is 0 Å². The van der Waals surface area contributed by atoms with Gasteiger partial charge in [0.2, 0.25) is 0 Å². The molecule has 2 heterocycles. The molecule has 0 bridgehead atoms. The Labute approximate surface area is 116 Å². The van der Waals surface area contributed by atoms with Crippen molar-refractivity contribution in [2.45, 2.75) is 13.8 Å². The predicted octanol–water partition coefficient (Wildman–Crippen LogP) is 3.98. The number of imidazole rings is 1. The minimum absolute atomic E-state index is 0.114. The van der Waals surface area contributed by atoms with Crippen LogP contribution in [0.3, 0.4) is 0 Å². The Morgan fingerprint density at radius 2 is 1.95 bits per heavy atom. The van der Waals surface area contributed by atoms with E-state index in [-0.39, 0.29) is 5.75 Å². The van der Waals surface area contributed by atoms with Gasteiger partial charge in [-0.2, -0.15) is 0 Å². The van der Waals surface area contributed by atoms with Crippen LogP contribution >= 0.6 is 11.6 Å². The van der Waals surface area contributed by atoms with E-state index in [4.69, 9.17) is 11.6 Å². The number of aryl methyl sites for hydroxylation is 2. The van der Waals surface area contributed by atoms with Gasteiger partial charge in [-0.15, -0.1) is 0 Å². The van der Waals surface area contributed by atoms with Crippen molar-refractivity contribution in [3.63, 3.8) is 0 Å². The highest BCUT2D eigenvalue weighted by Gasteiger charge is 2.09. The fraction of sp³-hybridized carbons (Fsp3) is 0.133. The molecule has 3 rings (SSSR count). The van der Waals surface area contributed by atoms with E-state index in [1.54, 1.807) is 18.3 Å². The Morgan fingerprint density at radius 1 is 1.16 bits per heavy atom. The largest absolute Gasteiger partial charge is 0.506 e. The van der Waals surface area contributed by atoms with E-state index < -0.39 is 0 Å². The molecule has 0 aliphatic heterocycles. The maximum absolute atomic E-state index is 9.62. The minimum atomic E-state index is 0.114. The SMILES string of the molecule is Cc1cc(O)c(Cl)cc1-c1cc(C)c2nccn2c1. The first-order valence-corrected chi connectivity index (χ1v) is 6.37. The topological polar surface area (TPSA) is 37.5 Å². The van der Waals surface area contributed by atoms with Crippen molar-refractivity contribution >= 4 is 17.2 Å². The summed E-state index contributed by atoms with van der Waals surface area (Å²) >= 11 is 6.00. The van der Waals surface area contributed by atoms with E-state index in [1.165, 1.54) is 0 Å². The number of rotatable bonds is 1. The Morgan fingerprint density at radius 3 is 2.74 bits per heavy atom. The number of pyridine rings is 1. The van der Waals surface area contributed by atoms with Crippen molar-refractivity contribution in [2.24, 2.45) is 0 Å². The molecule has 4 heteroatoms. The summed E-state index contributed by atoms with van der Waals surface area (Å²) in [5, 5.41) is 9.98. The molecule has 1 N–H and O–H groups in total. The van der Waals surface area contributed by atoms with Crippen LogP contribution in [0.1, 0.15) is 11.1 Å². The van der Waals surface area contributed by atoms with Crippen molar-refractivity contribution in [1.29, 1.82) is 0 Å². The molecule has 0 saturated heterocycles. The monoisotopic (exact) mass is 272 g/mol. The first kappa shape index (κ1) is 12.1. The van der Waals surface area contributed by atoms with Gasteiger partial charge in [-0.05, 0) is 54.3 Å². The number of benzene rings is 1. The average molecular weight is 273 g/mol. The zero-order chi connectivity index (χ0) is 13.6. The van der Waals surface area contributed by atoms with Crippen LogP contribution in [0.5, 0.6) is 5.75 Å². The number of aromatic hydroxyl groups is 1. The fourth-order valence-corrected chi connectivity index (χ4v) is 2.50. The second kappa shape index (κ2) is 4.28. The summed E-state index contributed by atoms with van der Waals surface area (Å²) in [7, 11) is 0. The smallest absolute Gasteiger partial charge is 0.139 e. The highest BCUT2D eigenvalue weighted by Crippen LogP contribution is 2.33. The molecule has 0 spiro atoms. The van der Waals surface area contributed by atoms with Crippen molar-refractivity contribution < 1.29 is 5.11 Å². The molecule has 0 aliphatic carbocycles. The molecule has 0 aliphatic rings. The first-order valence-electron chi connectivity index (χ1n) is 5.99. The molecule has 0 fully saturated rings. The molecular weight excluding hydrogens is 260 g/mol. The van der Waals surface area contributed by atoms with Gasteiger partial charge in [0.05, 0.1) is 5.02 Å². The maximum atomic E-state index is 9.62. The van der Waals surface area contributed by atoms with Crippen LogP contribution in [0, 0.1) is 13.8 Å². The molecule has 0 unspecified atom stereocenters. The number of phenolic OH excluding ortho intramolecular Hbond substituents is 1. The number of phenols is 1. The van der Waals surface area contributed by atoms with E-state index in [1.807, 2.05) is 30.6 Å². The molecule has 0 amide bonds. The lowest BCUT2D eigenvalue weighted by molar-refractivity contribution is 0.475. The van der Waals surface area contributed by atoms with E-state index in [2.05, 4.69) is 11.1 Å². The second-order valence-electron chi connectivity index (χ2n) is 4.69. The summed E-state index contributed by atoms with van der Waals surface area (Å²) in [5.41, 5.74) is 5.11. The van der Waals surface area contributed by atoms with Gasteiger partial charge in [0.25, 0.3) is 0 Å². The van der Waals surface area contributed by atoms with Gasteiger partial charge in [0.1, 0.15) is 11.4 Å². The van der Waals surface area contributed by atoms with Gasteiger partial charge in [-0.25, -0.2) is 4.98 Å². The number of fused-ring (bicyclic) bond motifs is 1. The third kappa shape index (κ3) is 1.96. The van der Waals surface area contributed by atoms with E-state index in [0.29, 0.717) is 5.02 Å². The lowest BCUT2D eigenvalue weighted by Gasteiger charge is -2.10. The Balaban J connectivity index is 2.27. The van der Waals surface area contributed by atoms with Crippen LogP contribution in [-0.2, 0) is 0 Å². The van der Waals surface area contributed by atoms with Crippen LogP contribution < -0.4 is 0 Å². The van der Waals surface area contributed by atoms with Gasteiger partial charge < -0.3 is 9.51 Å². The summed E-state index contributed by atoms with van der Waals surface area (Å²) in [4.78, 5) is 4.30. The molecule has 96 valence electrons. The number of hydrogen-bond donors (Lipinski definition) is 1. The summed E-state index contributed by atoms with van der Waals surface area (Å²) in [6, 6.07) is 5.56. The van der Waals surface area contributed by atoms with E-state index in [9.17, 15) is 5.11 Å². The molecule has 2 aromatic heterocycles. The van der Waals surface area contributed by atoms with Crippen LogP contribution in [0.4, 0.5) is 0 Å². The van der Waals surface area contributed by atoms with Gasteiger partial charge in [-0.3, -0.25) is 0 Å². The lowest BCUT2D eigenvalue weighted by Crippen LogP contribution is -1.91. The third-order valence-electron chi connectivity index (χ3n) is 3.28. The highest BCUT2D eigenvalue weighted by molar-refractivity contribution is 6.32. The molecule has 3 nitrogen and oxygen atoms in total. The lowest BCUT2D eigenvalue weighted by atomic mass is 10.0. The number of nitrogens with zero attached hydrogens (tertiary/aromatic N) is 2. The Hall–Kier alpha value is -2.00. The predicted molar refractivity (Wildman–Crippen MR) is 76.8 cm³/mol. The molecule has 0 saturated carbocycles. The fourth-order valence-electron chi connectivity index (χ4n) is 2.33. The average Bonchev–Trinajstić information content (AvgIpc) is 2.82. The number of hydrogen-bond acceptors (Lipinski definition) is 2. The maximum Gasteiger partial charge on any atom is 0.139 e.